The molecule has 4 rings (SSSR count). The van der Waals surface area contributed by atoms with Crippen LogP contribution in [0.3, 0.4) is 0 Å². The molecule has 130 valence electrons. The zero-order valence-electron chi connectivity index (χ0n) is 14.1. The molecule has 3 heterocycles. The number of benzene rings is 1. The monoisotopic (exact) mass is 340 g/mol. The summed E-state index contributed by atoms with van der Waals surface area (Å²) in [6.45, 7) is 1.22. The summed E-state index contributed by atoms with van der Waals surface area (Å²) >= 11 is 0. The minimum Gasteiger partial charge on any atom is -0.492 e. The third-order valence-electron chi connectivity index (χ3n) is 4.45. The van der Waals surface area contributed by atoms with Gasteiger partial charge in [0.05, 0.1) is 12.3 Å². The van der Waals surface area contributed by atoms with Crippen molar-refractivity contribution in [2.24, 2.45) is 12.2 Å². The lowest BCUT2D eigenvalue weighted by molar-refractivity contribution is -0.132. The molecule has 0 spiro atoms. The Hall–Kier alpha value is -2.83. The number of para-hydroxylation sites is 1. The first-order valence-electron chi connectivity index (χ1n) is 8.48. The molecule has 0 saturated carbocycles. The molecule has 0 bridgehead atoms. The molecule has 0 N–H and O–H groups in total. The number of oxime groups is 1. The summed E-state index contributed by atoms with van der Waals surface area (Å²) in [5.74, 6) is 1.38. The molecule has 1 atom stereocenters. The van der Waals surface area contributed by atoms with Gasteiger partial charge in [-0.2, -0.15) is 5.10 Å². The van der Waals surface area contributed by atoms with Gasteiger partial charge in [-0.1, -0.05) is 17.3 Å². The Balaban J connectivity index is 1.50. The van der Waals surface area contributed by atoms with Gasteiger partial charge in [-0.15, -0.1) is 0 Å². The zero-order chi connectivity index (χ0) is 17.2. The van der Waals surface area contributed by atoms with Crippen LogP contribution in [0.25, 0.3) is 0 Å². The van der Waals surface area contributed by atoms with Crippen LogP contribution in [0.5, 0.6) is 5.75 Å². The standard InChI is InChI=1S/C18H20N4O3/c1-21-11-8-17(19-21)22-10-4-7-16(18(22)23)25-20-14-9-12-24-15-6-3-2-5-13(14)15/h2-3,5-6,8,11,16H,4,7,9-10,12H2,1H3. The Kier molecular flexibility index (Phi) is 4.13. The molecule has 0 radical (unpaired) electrons. The van der Waals surface area contributed by atoms with E-state index < -0.39 is 6.10 Å². The van der Waals surface area contributed by atoms with Crippen molar-refractivity contribution in [1.29, 1.82) is 0 Å². The van der Waals surface area contributed by atoms with Crippen LogP contribution < -0.4 is 9.64 Å². The quantitative estimate of drug-likeness (QED) is 0.803. The average Bonchev–Trinajstić information content (AvgIpc) is 3.07. The number of nitrogens with zero attached hydrogens (tertiary/aromatic N) is 4. The first-order valence-corrected chi connectivity index (χ1v) is 8.48. The molecule has 1 aromatic carbocycles. The fraction of sp³-hybridized carbons (Fsp3) is 0.389. The summed E-state index contributed by atoms with van der Waals surface area (Å²) in [7, 11) is 1.83. The molecule has 1 amide bonds. The maximum atomic E-state index is 12.7. The van der Waals surface area contributed by atoms with Crippen molar-refractivity contribution in [3.63, 3.8) is 0 Å². The lowest BCUT2D eigenvalue weighted by atomic mass is 10.0. The van der Waals surface area contributed by atoms with Gasteiger partial charge >= 0.3 is 0 Å². The number of hydrogen-bond acceptors (Lipinski definition) is 5. The van der Waals surface area contributed by atoms with Gasteiger partial charge < -0.3 is 9.57 Å². The summed E-state index contributed by atoms with van der Waals surface area (Å²) < 4.78 is 7.31. The lowest BCUT2D eigenvalue weighted by Crippen LogP contribution is -2.45. The Labute approximate surface area is 145 Å². The SMILES string of the molecule is Cn1ccc(N2CCCC(ON=C3CCOc4ccccc43)C2=O)n1. The number of amides is 1. The second kappa shape index (κ2) is 6.58. The van der Waals surface area contributed by atoms with E-state index in [1.807, 2.05) is 43.6 Å². The highest BCUT2D eigenvalue weighted by Gasteiger charge is 2.33. The summed E-state index contributed by atoms with van der Waals surface area (Å²) in [5.41, 5.74) is 1.75. The molecular formula is C18H20N4O3. The minimum absolute atomic E-state index is 0.0883. The van der Waals surface area contributed by atoms with Crippen molar-refractivity contribution in [2.45, 2.75) is 25.4 Å². The molecule has 2 aromatic rings. The third-order valence-corrected chi connectivity index (χ3v) is 4.45. The Bertz CT molecular complexity index is 814. The van der Waals surface area contributed by atoms with Crippen molar-refractivity contribution in [3.8, 4) is 5.75 Å². The number of carbonyl (C=O) groups is 1. The summed E-state index contributed by atoms with van der Waals surface area (Å²) in [6, 6.07) is 9.58. The molecule has 1 saturated heterocycles. The number of ether oxygens (including phenoxy) is 1. The molecule has 1 unspecified atom stereocenters. The van der Waals surface area contributed by atoms with Gasteiger partial charge in [0, 0.05) is 37.8 Å². The number of piperidine rings is 1. The fourth-order valence-corrected chi connectivity index (χ4v) is 3.16. The predicted octanol–water partition coefficient (Wildman–Crippen LogP) is 2.12. The number of hydrogen-bond donors (Lipinski definition) is 0. The van der Waals surface area contributed by atoms with Crippen molar-refractivity contribution in [3.05, 3.63) is 42.1 Å². The first-order chi connectivity index (χ1) is 12.2. The molecule has 2 aliphatic heterocycles. The van der Waals surface area contributed by atoms with Crippen molar-refractivity contribution in [1.82, 2.24) is 9.78 Å². The molecule has 1 fully saturated rings. The number of carbonyl (C=O) groups excluding carboxylic acids is 1. The molecule has 25 heavy (non-hydrogen) atoms. The van der Waals surface area contributed by atoms with Crippen LogP contribution in [-0.2, 0) is 16.7 Å². The van der Waals surface area contributed by atoms with Gasteiger partial charge in [-0.3, -0.25) is 14.4 Å². The molecular weight excluding hydrogens is 320 g/mol. The van der Waals surface area contributed by atoms with E-state index in [1.165, 1.54) is 0 Å². The van der Waals surface area contributed by atoms with E-state index in [-0.39, 0.29) is 5.91 Å². The van der Waals surface area contributed by atoms with Crippen LogP contribution in [-0.4, -0.2) is 40.7 Å². The number of aromatic nitrogens is 2. The van der Waals surface area contributed by atoms with Crippen LogP contribution >= 0.6 is 0 Å². The van der Waals surface area contributed by atoms with Gasteiger partial charge in [0.2, 0.25) is 6.10 Å². The van der Waals surface area contributed by atoms with Crippen molar-refractivity contribution >= 4 is 17.4 Å². The average molecular weight is 340 g/mol. The second-order valence-corrected chi connectivity index (χ2v) is 6.21. The Morgan fingerprint density at radius 1 is 1.32 bits per heavy atom. The van der Waals surface area contributed by atoms with Crippen LogP contribution in [0, 0.1) is 0 Å². The van der Waals surface area contributed by atoms with E-state index >= 15 is 0 Å². The Morgan fingerprint density at radius 3 is 3.04 bits per heavy atom. The zero-order valence-corrected chi connectivity index (χ0v) is 14.1. The molecule has 1 aromatic heterocycles. The number of fused-ring (bicyclic) bond motifs is 1. The number of anilines is 1. The highest BCUT2D eigenvalue weighted by molar-refractivity contribution is 6.03. The van der Waals surface area contributed by atoms with E-state index in [0.717, 1.165) is 23.4 Å². The summed E-state index contributed by atoms with van der Waals surface area (Å²) in [4.78, 5) is 20.0. The lowest BCUT2D eigenvalue weighted by Gasteiger charge is -2.29. The highest BCUT2D eigenvalue weighted by atomic mass is 16.6. The van der Waals surface area contributed by atoms with E-state index in [1.54, 1.807) is 9.58 Å². The maximum absolute atomic E-state index is 12.7. The van der Waals surface area contributed by atoms with Gasteiger partial charge in [0.1, 0.15) is 5.75 Å². The third kappa shape index (κ3) is 3.09. The van der Waals surface area contributed by atoms with E-state index in [4.69, 9.17) is 9.57 Å². The predicted molar refractivity (Wildman–Crippen MR) is 92.8 cm³/mol. The summed E-state index contributed by atoms with van der Waals surface area (Å²) in [5, 5.41) is 8.61. The largest absolute Gasteiger partial charge is 0.492 e. The second-order valence-electron chi connectivity index (χ2n) is 6.21. The molecule has 7 heteroatoms. The van der Waals surface area contributed by atoms with Crippen molar-refractivity contribution < 1.29 is 14.4 Å². The van der Waals surface area contributed by atoms with Crippen LogP contribution in [0.1, 0.15) is 24.8 Å². The number of rotatable bonds is 3. The molecule has 0 aliphatic carbocycles. The van der Waals surface area contributed by atoms with Gasteiger partial charge in [0.15, 0.2) is 5.82 Å². The van der Waals surface area contributed by atoms with Crippen LogP contribution in [0.4, 0.5) is 5.82 Å². The highest BCUT2D eigenvalue weighted by Crippen LogP contribution is 2.26. The minimum atomic E-state index is -0.571. The fourth-order valence-electron chi connectivity index (χ4n) is 3.16. The maximum Gasteiger partial charge on any atom is 0.272 e. The smallest absolute Gasteiger partial charge is 0.272 e. The molecule has 7 nitrogen and oxygen atoms in total. The van der Waals surface area contributed by atoms with Crippen LogP contribution in [0.2, 0.25) is 0 Å². The van der Waals surface area contributed by atoms with Gasteiger partial charge in [-0.05, 0) is 25.0 Å². The number of aryl methyl sites for hydroxylation is 1. The molecule has 2 aliphatic rings. The van der Waals surface area contributed by atoms with E-state index in [2.05, 4.69) is 10.3 Å². The topological polar surface area (TPSA) is 68.9 Å². The first kappa shape index (κ1) is 15.7. The van der Waals surface area contributed by atoms with Gasteiger partial charge in [0.25, 0.3) is 5.91 Å². The van der Waals surface area contributed by atoms with E-state index in [9.17, 15) is 4.79 Å². The normalized spacial score (nSPS) is 21.8. The van der Waals surface area contributed by atoms with Gasteiger partial charge in [-0.25, -0.2) is 0 Å². The summed E-state index contributed by atoms with van der Waals surface area (Å²) in [6.07, 6.45) is 3.45. The van der Waals surface area contributed by atoms with Crippen LogP contribution in [0.15, 0.2) is 41.7 Å². The van der Waals surface area contributed by atoms with Crippen molar-refractivity contribution in [2.75, 3.05) is 18.1 Å². The Morgan fingerprint density at radius 2 is 2.20 bits per heavy atom. The van der Waals surface area contributed by atoms with E-state index in [0.29, 0.717) is 31.8 Å².